The number of rotatable bonds is 2. The summed E-state index contributed by atoms with van der Waals surface area (Å²) in [6, 6.07) is 11.1. The molecule has 0 amide bonds. The highest BCUT2D eigenvalue weighted by Crippen LogP contribution is 2.33. The first-order valence-corrected chi connectivity index (χ1v) is 7.09. The molecule has 0 atom stereocenters. The molecule has 0 aliphatic carbocycles. The summed E-state index contributed by atoms with van der Waals surface area (Å²) in [5, 5.41) is 12.3. The number of benzene rings is 2. The summed E-state index contributed by atoms with van der Waals surface area (Å²) >= 11 is 7.50. The Hall–Kier alpha value is -1.91. The van der Waals surface area contributed by atoms with Crippen LogP contribution in [-0.4, -0.2) is 10.1 Å². The molecule has 0 radical (unpaired) electrons. The largest absolute Gasteiger partial charge is 0.508 e. The van der Waals surface area contributed by atoms with Gasteiger partial charge >= 0.3 is 0 Å². The van der Waals surface area contributed by atoms with Gasteiger partial charge in [0, 0.05) is 16.5 Å². The summed E-state index contributed by atoms with van der Waals surface area (Å²) in [6.45, 7) is 0. The number of phenolic OH excluding ortho intramolecular Hbond substituents is 1. The summed E-state index contributed by atoms with van der Waals surface area (Å²) in [6.07, 6.45) is 0. The van der Waals surface area contributed by atoms with Gasteiger partial charge < -0.3 is 5.11 Å². The zero-order chi connectivity index (χ0) is 14.1. The molecular formula is C15H9ClFNOS. The van der Waals surface area contributed by atoms with Gasteiger partial charge in [-0.2, -0.15) is 0 Å². The molecule has 0 fully saturated rings. The molecule has 0 saturated heterocycles. The molecule has 0 saturated carbocycles. The Morgan fingerprint density at radius 2 is 1.85 bits per heavy atom. The van der Waals surface area contributed by atoms with Gasteiger partial charge in [-0.15, -0.1) is 11.3 Å². The van der Waals surface area contributed by atoms with Crippen molar-refractivity contribution in [3.05, 3.63) is 58.7 Å². The summed E-state index contributed by atoms with van der Waals surface area (Å²) < 4.78 is 13.0. The maximum atomic E-state index is 13.0. The lowest BCUT2D eigenvalue weighted by Crippen LogP contribution is -1.82. The van der Waals surface area contributed by atoms with E-state index >= 15 is 0 Å². The zero-order valence-electron chi connectivity index (χ0n) is 10.2. The van der Waals surface area contributed by atoms with Crippen LogP contribution in [0.25, 0.3) is 21.8 Å². The molecule has 100 valence electrons. The topological polar surface area (TPSA) is 33.1 Å². The molecule has 0 aliphatic rings. The fourth-order valence-electron chi connectivity index (χ4n) is 1.83. The number of nitrogens with zero attached hydrogens (tertiary/aromatic N) is 1. The molecule has 1 aromatic heterocycles. The van der Waals surface area contributed by atoms with E-state index in [1.807, 2.05) is 5.38 Å². The minimum Gasteiger partial charge on any atom is -0.508 e. The van der Waals surface area contributed by atoms with E-state index < -0.39 is 0 Å². The van der Waals surface area contributed by atoms with Crippen molar-refractivity contribution in [3.8, 4) is 27.6 Å². The fourth-order valence-corrected chi connectivity index (χ4v) is 2.92. The van der Waals surface area contributed by atoms with Crippen LogP contribution in [0.2, 0.25) is 5.02 Å². The number of hydrogen-bond donors (Lipinski definition) is 1. The minimum atomic E-state index is -0.368. The molecular weight excluding hydrogens is 297 g/mol. The van der Waals surface area contributed by atoms with Crippen LogP contribution in [0.4, 0.5) is 4.39 Å². The Labute approximate surface area is 124 Å². The maximum absolute atomic E-state index is 13.0. The average Bonchev–Trinajstić information content (AvgIpc) is 2.89. The van der Waals surface area contributed by atoms with Crippen molar-refractivity contribution in [1.82, 2.24) is 4.98 Å². The van der Waals surface area contributed by atoms with E-state index in [1.54, 1.807) is 30.3 Å². The number of halogens is 2. The average molecular weight is 306 g/mol. The van der Waals surface area contributed by atoms with E-state index in [2.05, 4.69) is 4.98 Å². The molecule has 0 spiro atoms. The third-order valence-electron chi connectivity index (χ3n) is 2.83. The van der Waals surface area contributed by atoms with Gasteiger partial charge in [-0.05, 0) is 42.5 Å². The lowest BCUT2D eigenvalue weighted by atomic mass is 10.1. The number of phenols is 1. The van der Waals surface area contributed by atoms with Gasteiger partial charge in [0.25, 0.3) is 0 Å². The number of aromatic nitrogens is 1. The van der Waals surface area contributed by atoms with Gasteiger partial charge in [-0.1, -0.05) is 11.6 Å². The van der Waals surface area contributed by atoms with Gasteiger partial charge in [0.1, 0.15) is 16.6 Å². The molecule has 0 unspecified atom stereocenters. The SMILES string of the molecule is Oc1ccc(-c2nc(-c3ccc(F)cc3Cl)cs2)cc1. The predicted molar refractivity (Wildman–Crippen MR) is 79.6 cm³/mol. The highest BCUT2D eigenvalue weighted by Gasteiger charge is 2.10. The van der Waals surface area contributed by atoms with E-state index in [9.17, 15) is 9.50 Å². The van der Waals surface area contributed by atoms with Crippen LogP contribution < -0.4 is 0 Å². The van der Waals surface area contributed by atoms with Crippen LogP contribution >= 0.6 is 22.9 Å². The first-order valence-electron chi connectivity index (χ1n) is 5.84. The number of thiazole rings is 1. The molecule has 0 aliphatic heterocycles. The summed E-state index contributed by atoms with van der Waals surface area (Å²) in [4.78, 5) is 4.50. The molecule has 5 heteroatoms. The van der Waals surface area contributed by atoms with Crippen LogP contribution in [0.3, 0.4) is 0 Å². The molecule has 3 rings (SSSR count). The number of aromatic hydroxyl groups is 1. The molecule has 1 N–H and O–H groups in total. The smallest absolute Gasteiger partial charge is 0.124 e. The van der Waals surface area contributed by atoms with Crippen molar-refractivity contribution in [1.29, 1.82) is 0 Å². The Morgan fingerprint density at radius 1 is 1.10 bits per heavy atom. The van der Waals surface area contributed by atoms with E-state index in [0.717, 1.165) is 10.6 Å². The van der Waals surface area contributed by atoms with Crippen molar-refractivity contribution in [3.63, 3.8) is 0 Å². The highest BCUT2D eigenvalue weighted by molar-refractivity contribution is 7.13. The van der Waals surface area contributed by atoms with Crippen molar-refractivity contribution >= 4 is 22.9 Å². The molecule has 3 aromatic rings. The standard InChI is InChI=1S/C15H9ClFNOS/c16-13-7-10(17)3-6-12(13)14-8-20-15(18-14)9-1-4-11(19)5-2-9/h1-8,19H. The van der Waals surface area contributed by atoms with Gasteiger partial charge in [-0.3, -0.25) is 0 Å². The van der Waals surface area contributed by atoms with E-state index in [0.29, 0.717) is 16.3 Å². The fraction of sp³-hybridized carbons (Fsp3) is 0. The summed E-state index contributed by atoms with van der Waals surface area (Å²) in [7, 11) is 0. The maximum Gasteiger partial charge on any atom is 0.124 e. The second-order valence-electron chi connectivity index (χ2n) is 4.21. The highest BCUT2D eigenvalue weighted by atomic mass is 35.5. The van der Waals surface area contributed by atoms with Gasteiger partial charge in [0.05, 0.1) is 10.7 Å². The van der Waals surface area contributed by atoms with Crippen LogP contribution in [0.15, 0.2) is 47.8 Å². The molecule has 1 heterocycles. The molecule has 20 heavy (non-hydrogen) atoms. The van der Waals surface area contributed by atoms with E-state index in [4.69, 9.17) is 11.6 Å². The van der Waals surface area contributed by atoms with Crippen LogP contribution in [0, 0.1) is 5.82 Å². The monoisotopic (exact) mass is 305 g/mol. The molecule has 0 bridgehead atoms. The summed E-state index contributed by atoms with van der Waals surface area (Å²) in [5.41, 5.74) is 2.33. The van der Waals surface area contributed by atoms with Crippen LogP contribution in [0.1, 0.15) is 0 Å². The quantitative estimate of drug-likeness (QED) is 0.724. The van der Waals surface area contributed by atoms with Gasteiger partial charge in [-0.25, -0.2) is 9.37 Å². The third-order valence-corrected chi connectivity index (χ3v) is 4.03. The molecule has 2 aromatic carbocycles. The van der Waals surface area contributed by atoms with E-state index in [-0.39, 0.29) is 11.6 Å². The lowest BCUT2D eigenvalue weighted by Gasteiger charge is -2.00. The van der Waals surface area contributed by atoms with Crippen molar-refractivity contribution in [2.24, 2.45) is 0 Å². The summed E-state index contributed by atoms with van der Waals surface area (Å²) in [5.74, 6) is -0.153. The third kappa shape index (κ3) is 2.53. The second kappa shape index (κ2) is 5.23. The Balaban J connectivity index is 1.99. The first-order chi connectivity index (χ1) is 9.63. The van der Waals surface area contributed by atoms with Crippen molar-refractivity contribution in [2.75, 3.05) is 0 Å². The second-order valence-corrected chi connectivity index (χ2v) is 5.47. The Morgan fingerprint density at radius 3 is 2.55 bits per heavy atom. The van der Waals surface area contributed by atoms with Gasteiger partial charge in [0.15, 0.2) is 0 Å². The predicted octanol–water partition coefficient (Wildman–Crippen LogP) is 4.98. The van der Waals surface area contributed by atoms with Crippen LogP contribution in [-0.2, 0) is 0 Å². The first kappa shape index (κ1) is 13.1. The zero-order valence-corrected chi connectivity index (χ0v) is 11.7. The van der Waals surface area contributed by atoms with Gasteiger partial charge in [0.2, 0.25) is 0 Å². The Bertz CT molecular complexity index is 755. The van der Waals surface area contributed by atoms with Crippen molar-refractivity contribution in [2.45, 2.75) is 0 Å². The van der Waals surface area contributed by atoms with Crippen molar-refractivity contribution < 1.29 is 9.50 Å². The molecule has 2 nitrogen and oxygen atoms in total. The Kier molecular flexibility index (Phi) is 3.42. The van der Waals surface area contributed by atoms with Crippen LogP contribution in [0.5, 0.6) is 5.75 Å². The number of hydrogen-bond acceptors (Lipinski definition) is 3. The normalized spacial score (nSPS) is 10.7. The van der Waals surface area contributed by atoms with E-state index in [1.165, 1.54) is 23.5 Å². The lowest BCUT2D eigenvalue weighted by molar-refractivity contribution is 0.475. The minimum absolute atomic E-state index is 0.215.